The van der Waals surface area contributed by atoms with Crippen molar-refractivity contribution in [3.05, 3.63) is 41.5 Å². The van der Waals surface area contributed by atoms with Crippen LogP contribution in [-0.4, -0.2) is 448 Å². The van der Waals surface area contributed by atoms with Gasteiger partial charge in [-0.05, 0) is 69.7 Å². The quantitative estimate of drug-likeness (QED) is 0.0537. The maximum absolute atomic E-state index is 13.9. The summed E-state index contributed by atoms with van der Waals surface area (Å²) >= 11 is 0. The number of Topliss-reactive ketones (excluding diaryl/α,β-unsaturated/α-hetero) is 1. The first kappa shape index (κ1) is 120. The summed E-state index contributed by atoms with van der Waals surface area (Å²) in [4.78, 5) is 94.5. The first-order valence-corrected chi connectivity index (χ1v) is 45.2. The van der Waals surface area contributed by atoms with E-state index in [1.807, 2.05) is 0 Å². The molecule has 0 radical (unpaired) electrons. The normalized spacial score (nSPS) is 12.8. The molecule has 0 bridgehead atoms. The van der Waals surface area contributed by atoms with Crippen LogP contribution in [0.25, 0.3) is 0 Å². The minimum Gasteiger partial charge on any atom is -0.460 e. The monoisotopic (exact) mass is 1860 g/mol. The first-order chi connectivity index (χ1) is 63.0. The Bertz CT molecular complexity index is 2850. The van der Waals surface area contributed by atoms with Gasteiger partial charge in [0, 0.05) is 70.5 Å². The van der Waals surface area contributed by atoms with E-state index in [1.54, 1.807) is 74.0 Å². The van der Waals surface area contributed by atoms with Gasteiger partial charge in [-0.1, -0.05) is 19.9 Å². The van der Waals surface area contributed by atoms with Gasteiger partial charge in [0.25, 0.3) is 11.8 Å². The number of imide groups is 1. The van der Waals surface area contributed by atoms with Gasteiger partial charge < -0.3 is 153 Å². The number of anilines is 1. The van der Waals surface area contributed by atoms with Gasteiger partial charge in [-0.25, -0.2) is 0 Å². The topological polar surface area (TPSA) is 418 Å². The van der Waals surface area contributed by atoms with Crippen LogP contribution in [0, 0.1) is 17.3 Å². The Labute approximate surface area is 764 Å². The molecular formula is C89H158N4O36. The van der Waals surface area contributed by atoms with Crippen LogP contribution in [0.1, 0.15) is 71.9 Å². The Morgan fingerprint density at radius 1 is 0.357 bits per heavy atom. The SMILES string of the molecule is COCCOCCOCCOCCOCCOCCOCCOCCOCCOCCOCCOCCOCCOCCOCCOCCOCCCc1cc(NC(=O)[C@H](C)NC(=O)[C@@H](CC(=O)CCN(CCOCCOCCOCCOCCOCCOCCOCCOCCOCCOCCOC)C(=O)CN2C(=O)C=CC2=O)C(C)C)ccc1COC(=O)C(C)(C)C. The van der Waals surface area contributed by atoms with Crippen molar-refractivity contribution in [1.82, 2.24) is 15.1 Å². The van der Waals surface area contributed by atoms with E-state index < -0.39 is 53.5 Å². The molecule has 0 aliphatic carbocycles. The number of carbonyl (C=O) groups is 7. The van der Waals surface area contributed by atoms with Crippen LogP contribution in [-0.2, 0) is 184 Å². The second-order valence-electron chi connectivity index (χ2n) is 29.9. The van der Waals surface area contributed by atoms with Crippen molar-refractivity contribution in [3.8, 4) is 0 Å². The summed E-state index contributed by atoms with van der Waals surface area (Å²) in [6.45, 7) is 33.5. The summed E-state index contributed by atoms with van der Waals surface area (Å²) in [5, 5.41) is 5.66. The summed E-state index contributed by atoms with van der Waals surface area (Å²) in [6.07, 6.45) is 2.96. The third-order valence-corrected chi connectivity index (χ3v) is 18.0. The number of rotatable bonds is 99. The van der Waals surface area contributed by atoms with Crippen LogP contribution >= 0.6 is 0 Å². The molecule has 2 atom stereocenters. The third kappa shape index (κ3) is 73.6. The highest BCUT2D eigenvalue weighted by molar-refractivity contribution is 6.14. The van der Waals surface area contributed by atoms with Crippen molar-refractivity contribution in [2.24, 2.45) is 17.3 Å². The number of ether oxygens (including phenoxy) is 29. The molecule has 0 saturated carbocycles. The smallest absolute Gasteiger partial charge is 0.311 e. The van der Waals surface area contributed by atoms with Crippen molar-refractivity contribution in [1.29, 1.82) is 0 Å². The molecule has 0 unspecified atom stereocenters. The summed E-state index contributed by atoms with van der Waals surface area (Å²) < 4.78 is 160. The molecule has 1 aliphatic heterocycles. The van der Waals surface area contributed by atoms with Gasteiger partial charge in [0.1, 0.15) is 25.0 Å². The van der Waals surface area contributed by atoms with E-state index in [-0.39, 0.29) is 70.0 Å². The molecule has 0 saturated heterocycles. The Kier molecular flexibility index (Phi) is 81.4. The summed E-state index contributed by atoms with van der Waals surface area (Å²) in [5.41, 5.74) is 1.30. The van der Waals surface area contributed by atoms with Crippen LogP contribution in [0.15, 0.2) is 30.4 Å². The van der Waals surface area contributed by atoms with Gasteiger partial charge in [0.15, 0.2) is 0 Å². The fourth-order valence-electron chi connectivity index (χ4n) is 10.8. The Morgan fingerprint density at radius 3 is 0.915 bits per heavy atom. The van der Waals surface area contributed by atoms with Crippen molar-refractivity contribution >= 4 is 47.0 Å². The molecule has 1 heterocycles. The van der Waals surface area contributed by atoms with Gasteiger partial charge in [-0.15, -0.1) is 0 Å². The Morgan fingerprint density at radius 2 is 0.636 bits per heavy atom. The number of esters is 1. The van der Waals surface area contributed by atoms with E-state index in [1.165, 1.54) is 4.90 Å². The van der Waals surface area contributed by atoms with E-state index in [4.69, 9.17) is 137 Å². The second-order valence-corrected chi connectivity index (χ2v) is 29.9. The minimum atomic E-state index is -1.02. The van der Waals surface area contributed by atoms with Crippen LogP contribution < -0.4 is 10.6 Å². The Hall–Kier alpha value is -5.47. The lowest BCUT2D eigenvalue weighted by molar-refractivity contribution is -0.154. The zero-order valence-corrected chi connectivity index (χ0v) is 78.6. The standard InChI is InChI=1S/C89H158N4O36/c1-76(2)82(73-81(94)15-16-92(85(97)74-93-83(95)13-14-84(93)96)17-19-104-25-27-108-33-35-112-41-43-116-49-51-120-57-59-121-54-52-117-46-44-113-38-36-109-30-28-105-22-20-101-7)87(99)90-77(3)86(98)91-80-12-11-79(75-129-88(100)89(4,5)6)78(72-80)10-9-18-103-24-26-107-32-34-111-40-42-115-48-50-119-56-58-123-62-63-125-66-67-127-70-71-128-69-68-126-65-64-124-61-60-122-55-53-118-47-45-114-39-37-110-31-29-106-23-21-102-8/h11-14,72,76-77,82H,9-10,15-71,73-75H2,1-8H3,(H,90,99)(H,91,98)/t77-,82-/m0/s1. The number of benzene rings is 1. The molecule has 0 aromatic heterocycles. The molecule has 40 heteroatoms. The lowest BCUT2D eigenvalue weighted by atomic mass is 9.89. The largest absolute Gasteiger partial charge is 0.460 e. The molecule has 5 amide bonds. The molecule has 129 heavy (non-hydrogen) atoms. The van der Waals surface area contributed by atoms with Crippen molar-refractivity contribution < 1.29 is 171 Å². The molecule has 0 spiro atoms. The highest BCUT2D eigenvalue weighted by atomic mass is 16.6. The van der Waals surface area contributed by atoms with E-state index in [2.05, 4.69) is 10.6 Å². The predicted octanol–water partition coefficient (Wildman–Crippen LogP) is 3.25. The summed E-state index contributed by atoms with van der Waals surface area (Å²) in [6, 6.07) is 4.26. The average molecular weight is 1860 g/mol. The zero-order valence-electron chi connectivity index (χ0n) is 78.6. The summed E-state index contributed by atoms with van der Waals surface area (Å²) in [7, 11) is 3.27. The number of hydrogen-bond donors (Lipinski definition) is 2. The van der Waals surface area contributed by atoms with Crippen molar-refractivity contribution in [2.45, 2.75) is 79.9 Å². The number of ketones is 1. The highest BCUT2D eigenvalue weighted by Gasteiger charge is 2.31. The fraction of sp³-hybridized carbons (Fsp3) is 0.831. The molecule has 2 rings (SSSR count). The second kappa shape index (κ2) is 87.8. The maximum Gasteiger partial charge on any atom is 0.311 e. The van der Waals surface area contributed by atoms with Crippen molar-refractivity contribution in [2.75, 3.05) is 396 Å². The molecule has 750 valence electrons. The van der Waals surface area contributed by atoms with Crippen LogP contribution in [0.4, 0.5) is 5.69 Å². The predicted molar refractivity (Wildman–Crippen MR) is 470 cm³/mol. The zero-order chi connectivity index (χ0) is 93.5. The molecule has 2 N–H and O–H groups in total. The van der Waals surface area contributed by atoms with Gasteiger partial charge in [-0.2, -0.15) is 0 Å². The van der Waals surface area contributed by atoms with Gasteiger partial charge in [0.05, 0.1) is 356 Å². The van der Waals surface area contributed by atoms with E-state index in [9.17, 15) is 33.6 Å². The summed E-state index contributed by atoms with van der Waals surface area (Å²) in [5.74, 6) is -4.69. The molecule has 0 fully saturated rings. The van der Waals surface area contributed by atoms with Crippen LogP contribution in [0.3, 0.4) is 0 Å². The highest BCUT2D eigenvalue weighted by Crippen LogP contribution is 2.23. The third-order valence-electron chi connectivity index (χ3n) is 18.0. The first-order valence-electron chi connectivity index (χ1n) is 45.2. The molecule has 1 aromatic carbocycles. The number of nitrogens with one attached hydrogen (secondary N) is 2. The van der Waals surface area contributed by atoms with Gasteiger partial charge in [0.2, 0.25) is 17.7 Å². The van der Waals surface area contributed by atoms with E-state index >= 15 is 0 Å². The van der Waals surface area contributed by atoms with Crippen LogP contribution in [0.5, 0.6) is 0 Å². The molecular weight excluding hydrogens is 1700 g/mol. The van der Waals surface area contributed by atoms with Crippen LogP contribution in [0.2, 0.25) is 0 Å². The van der Waals surface area contributed by atoms with E-state index in [0.717, 1.165) is 28.2 Å². The molecule has 40 nitrogen and oxygen atoms in total. The fourth-order valence-corrected chi connectivity index (χ4v) is 10.8. The number of nitrogens with zero attached hydrogens (tertiary/aromatic N) is 2. The number of hydrogen-bond acceptors (Lipinski definition) is 36. The maximum atomic E-state index is 13.9. The van der Waals surface area contributed by atoms with Crippen molar-refractivity contribution in [3.63, 3.8) is 0 Å². The van der Waals surface area contributed by atoms with Gasteiger partial charge in [-0.3, -0.25) is 38.5 Å². The Balaban J connectivity index is 1.53. The van der Waals surface area contributed by atoms with E-state index in [0.29, 0.717) is 355 Å². The lowest BCUT2D eigenvalue weighted by Gasteiger charge is -2.26. The number of carbonyl (C=O) groups excluding carboxylic acids is 7. The minimum absolute atomic E-state index is 0.0151. The number of aryl methyl sites for hydroxylation is 1. The number of methoxy groups -OCH3 is 2. The molecule has 1 aliphatic rings. The number of amides is 5. The average Bonchev–Trinajstić information content (AvgIpc) is 1.78. The van der Waals surface area contributed by atoms with Gasteiger partial charge >= 0.3 is 5.97 Å². The lowest BCUT2D eigenvalue weighted by Crippen LogP contribution is -2.46. The molecule has 1 aromatic rings.